The van der Waals surface area contributed by atoms with Crippen LogP contribution in [0.1, 0.15) is 39.5 Å². The summed E-state index contributed by atoms with van der Waals surface area (Å²) in [7, 11) is 2.18. The van der Waals surface area contributed by atoms with Gasteiger partial charge in [-0.15, -0.1) is 0 Å². The first-order valence-corrected chi connectivity index (χ1v) is 11.9. The predicted octanol–water partition coefficient (Wildman–Crippen LogP) is 5.78. The van der Waals surface area contributed by atoms with E-state index in [0.717, 1.165) is 21.6 Å². The Morgan fingerprint density at radius 3 is 1.47 bits per heavy atom. The van der Waals surface area contributed by atoms with Crippen LogP contribution in [0.3, 0.4) is 0 Å². The molecule has 2 amide bonds. The first-order valence-electron chi connectivity index (χ1n) is 9.76. The molecule has 0 aromatic heterocycles. The maximum Gasteiger partial charge on any atom is 0.270 e. The van der Waals surface area contributed by atoms with Gasteiger partial charge in [-0.1, -0.05) is 35.4 Å². The van der Waals surface area contributed by atoms with Crippen LogP contribution in [0.15, 0.2) is 46.2 Å². The van der Waals surface area contributed by atoms with E-state index in [4.69, 9.17) is 0 Å². The number of nitro groups is 2. The van der Waals surface area contributed by atoms with Crippen LogP contribution in [0.5, 0.6) is 0 Å². The molecule has 0 fully saturated rings. The SMILES string of the molecule is CCCC(=O)Nc1ccc([N+](=O)[O-])cc1SSc1cc([N+](=O)[O-])ccc1NC(=O)CCC. The van der Waals surface area contributed by atoms with Crippen LogP contribution in [0.2, 0.25) is 0 Å². The van der Waals surface area contributed by atoms with Crippen LogP contribution in [0, 0.1) is 20.2 Å². The first kappa shape index (κ1) is 25.1. The normalized spacial score (nSPS) is 10.4. The van der Waals surface area contributed by atoms with Gasteiger partial charge in [0.05, 0.1) is 21.2 Å². The number of nitrogens with one attached hydrogen (secondary N) is 2. The summed E-state index contributed by atoms with van der Waals surface area (Å²) in [5.41, 5.74) is 0.483. The number of carbonyl (C=O) groups is 2. The average molecular weight is 479 g/mol. The molecule has 2 N–H and O–H groups in total. The molecule has 0 unspecified atom stereocenters. The van der Waals surface area contributed by atoms with Crippen molar-refractivity contribution in [2.45, 2.75) is 49.3 Å². The third-order valence-corrected chi connectivity index (χ3v) is 6.52. The van der Waals surface area contributed by atoms with Crippen molar-refractivity contribution in [3.8, 4) is 0 Å². The molecule has 2 aromatic carbocycles. The Bertz CT molecular complexity index is 950. The van der Waals surface area contributed by atoms with E-state index in [2.05, 4.69) is 10.6 Å². The Morgan fingerprint density at radius 1 is 0.781 bits per heavy atom. The number of hydrogen-bond acceptors (Lipinski definition) is 8. The molecular formula is C20H22N4O6S2. The zero-order chi connectivity index (χ0) is 23.7. The molecule has 0 bridgehead atoms. The highest BCUT2D eigenvalue weighted by molar-refractivity contribution is 8.76. The minimum atomic E-state index is -0.546. The van der Waals surface area contributed by atoms with E-state index in [1.54, 1.807) is 0 Å². The number of non-ortho nitro benzene ring substituents is 2. The highest BCUT2D eigenvalue weighted by Crippen LogP contribution is 2.45. The Kier molecular flexibility index (Phi) is 9.47. The van der Waals surface area contributed by atoms with Gasteiger partial charge in [-0.05, 0) is 25.0 Å². The van der Waals surface area contributed by atoms with E-state index in [0.29, 0.717) is 46.8 Å². The molecule has 0 aliphatic heterocycles. The molecule has 170 valence electrons. The number of nitro benzene ring substituents is 2. The summed E-state index contributed by atoms with van der Waals surface area (Å²) in [6.45, 7) is 3.72. The average Bonchev–Trinajstić information content (AvgIpc) is 2.73. The molecule has 0 spiro atoms. The lowest BCUT2D eigenvalue weighted by atomic mass is 10.2. The van der Waals surface area contributed by atoms with E-state index in [-0.39, 0.29) is 23.2 Å². The van der Waals surface area contributed by atoms with Gasteiger partial charge in [0.2, 0.25) is 11.8 Å². The van der Waals surface area contributed by atoms with Crippen LogP contribution < -0.4 is 10.6 Å². The van der Waals surface area contributed by atoms with Crippen molar-refractivity contribution in [1.82, 2.24) is 0 Å². The second kappa shape index (κ2) is 12.1. The summed E-state index contributed by atoms with van der Waals surface area (Å²) in [4.78, 5) is 46.2. The van der Waals surface area contributed by atoms with Gasteiger partial charge in [0.15, 0.2) is 0 Å². The second-order valence-electron chi connectivity index (χ2n) is 6.64. The number of amides is 2. The van der Waals surface area contributed by atoms with Gasteiger partial charge in [-0.25, -0.2) is 0 Å². The van der Waals surface area contributed by atoms with Crippen molar-refractivity contribution in [1.29, 1.82) is 0 Å². The Labute approximate surface area is 192 Å². The van der Waals surface area contributed by atoms with Crippen LogP contribution in [-0.2, 0) is 9.59 Å². The maximum atomic E-state index is 12.0. The van der Waals surface area contributed by atoms with Crippen molar-refractivity contribution in [3.63, 3.8) is 0 Å². The maximum absolute atomic E-state index is 12.0. The van der Waals surface area contributed by atoms with Crippen LogP contribution in [0.4, 0.5) is 22.7 Å². The van der Waals surface area contributed by atoms with Crippen LogP contribution in [-0.4, -0.2) is 21.7 Å². The zero-order valence-corrected chi connectivity index (χ0v) is 19.1. The highest BCUT2D eigenvalue weighted by atomic mass is 33.1. The third-order valence-electron chi connectivity index (χ3n) is 4.08. The highest BCUT2D eigenvalue weighted by Gasteiger charge is 2.17. The van der Waals surface area contributed by atoms with E-state index < -0.39 is 9.85 Å². The second-order valence-corrected chi connectivity index (χ2v) is 8.85. The number of benzene rings is 2. The molecule has 2 aromatic rings. The summed E-state index contributed by atoms with van der Waals surface area (Å²) in [5.74, 6) is -0.452. The Morgan fingerprint density at radius 2 is 1.16 bits per heavy atom. The summed E-state index contributed by atoms with van der Waals surface area (Å²) in [6, 6.07) is 8.13. The van der Waals surface area contributed by atoms with Crippen LogP contribution in [0.25, 0.3) is 0 Å². The van der Waals surface area contributed by atoms with E-state index in [1.807, 2.05) is 13.8 Å². The Hall–Kier alpha value is -3.12. The molecule has 0 saturated heterocycles. The number of hydrogen-bond donors (Lipinski definition) is 2. The molecule has 0 aliphatic carbocycles. The number of rotatable bonds is 11. The summed E-state index contributed by atoms with van der Waals surface area (Å²) in [5, 5.41) is 27.9. The van der Waals surface area contributed by atoms with Crippen molar-refractivity contribution in [2.75, 3.05) is 10.6 Å². The van der Waals surface area contributed by atoms with Gasteiger partial charge in [-0.2, -0.15) is 0 Å². The van der Waals surface area contributed by atoms with Crippen LogP contribution >= 0.6 is 21.6 Å². The Balaban J connectivity index is 2.35. The standard InChI is InChI=1S/C20H22N4O6S2/c1-3-5-19(25)21-15-9-7-13(23(27)28)11-17(15)31-32-18-12-14(24(29)30)8-10-16(18)22-20(26)6-4-2/h7-12H,3-6H2,1-2H3,(H,21,25)(H,22,26). The summed E-state index contributed by atoms with van der Waals surface area (Å²) in [6.07, 6.45) is 1.88. The van der Waals surface area contributed by atoms with E-state index >= 15 is 0 Å². The van der Waals surface area contributed by atoms with Crippen molar-refractivity contribution >= 4 is 56.2 Å². The van der Waals surface area contributed by atoms with Gasteiger partial charge in [0.25, 0.3) is 11.4 Å². The van der Waals surface area contributed by atoms with E-state index in [9.17, 15) is 29.8 Å². The molecule has 10 nitrogen and oxygen atoms in total. The fourth-order valence-corrected chi connectivity index (χ4v) is 4.86. The molecule has 2 rings (SSSR count). The van der Waals surface area contributed by atoms with Gasteiger partial charge >= 0.3 is 0 Å². The van der Waals surface area contributed by atoms with Crippen molar-refractivity contribution in [2.24, 2.45) is 0 Å². The van der Waals surface area contributed by atoms with E-state index in [1.165, 1.54) is 36.4 Å². The number of anilines is 2. The minimum absolute atomic E-state index is 0.155. The predicted molar refractivity (Wildman–Crippen MR) is 125 cm³/mol. The van der Waals surface area contributed by atoms with Gasteiger partial charge in [0.1, 0.15) is 0 Å². The fraction of sp³-hybridized carbons (Fsp3) is 0.300. The molecular weight excluding hydrogens is 456 g/mol. The molecule has 32 heavy (non-hydrogen) atoms. The minimum Gasteiger partial charge on any atom is -0.325 e. The number of nitrogens with zero attached hydrogens (tertiary/aromatic N) is 2. The third kappa shape index (κ3) is 7.24. The lowest BCUT2D eigenvalue weighted by Crippen LogP contribution is -2.11. The first-order chi connectivity index (χ1) is 15.2. The fourth-order valence-electron chi connectivity index (χ4n) is 2.56. The molecule has 0 aliphatic rings. The molecule has 0 heterocycles. The quantitative estimate of drug-likeness (QED) is 0.235. The van der Waals surface area contributed by atoms with Gasteiger partial charge in [0, 0.05) is 46.9 Å². The smallest absolute Gasteiger partial charge is 0.270 e. The van der Waals surface area contributed by atoms with Crippen molar-refractivity contribution in [3.05, 3.63) is 56.6 Å². The lowest BCUT2D eigenvalue weighted by Gasteiger charge is -2.13. The molecule has 0 atom stereocenters. The topological polar surface area (TPSA) is 144 Å². The molecule has 12 heteroatoms. The summed E-state index contributed by atoms with van der Waals surface area (Å²) < 4.78 is 0. The lowest BCUT2D eigenvalue weighted by molar-refractivity contribution is -0.385. The molecule has 0 saturated carbocycles. The zero-order valence-electron chi connectivity index (χ0n) is 17.5. The monoisotopic (exact) mass is 478 g/mol. The summed E-state index contributed by atoms with van der Waals surface area (Å²) >= 11 is 0. The van der Waals surface area contributed by atoms with Crippen molar-refractivity contribution < 1.29 is 19.4 Å². The molecule has 0 radical (unpaired) electrons. The largest absolute Gasteiger partial charge is 0.325 e. The number of carbonyl (C=O) groups excluding carboxylic acids is 2. The van der Waals surface area contributed by atoms with Gasteiger partial charge < -0.3 is 10.6 Å². The van der Waals surface area contributed by atoms with Gasteiger partial charge in [-0.3, -0.25) is 29.8 Å².